The van der Waals surface area contributed by atoms with E-state index in [4.69, 9.17) is 0 Å². The molecule has 2 heterocycles. The van der Waals surface area contributed by atoms with E-state index >= 15 is 0 Å². The summed E-state index contributed by atoms with van der Waals surface area (Å²) in [6.45, 7) is 4.31. The van der Waals surface area contributed by atoms with Crippen LogP contribution < -0.4 is 0 Å². The predicted octanol–water partition coefficient (Wildman–Crippen LogP) is 3.37. The van der Waals surface area contributed by atoms with Gasteiger partial charge in [-0.15, -0.1) is 11.3 Å². The number of benzene rings is 1. The lowest BCUT2D eigenvalue weighted by molar-refractivity contribution is -0.139. The average molecular weight is 340 g/mol. The highest BCUT2D eigenvalue weighted by atomic mass is 32.1. The molecule has 0 atom stereocenters. The molecule has 1 aromatic carbocycles. The summed E-state index contributed by atoms with van der Waals surface area (Å²) < 4.78 is 0. The van der Waals surface area contributed by atoms with Gasteiger partial charge in [0.15, 0.2) is 0 Å². The van der Waals surface area contributed by atoms with E-state index in [9.17, 15) is 9.59 Å². The molecular weight excluding hydrogens is 320 g/mol. The minimum atomic E-state index is -0.211. The lowest BCUT2D eigenvalue weighted by atomic mass is 10.1. The third kappa shape index (κ3) is 2.87. The summed E-state index contributed by atoms with van der Waals surface area (Å²) in [7, 11) is 1.87. The Labute approximate surface area is 146 Å². The lowest BCUT2D eigenvalue weighted by Gasteiger charge is -2.23. The van der Waals surface area contributed by atoms with E-state index in [2.05, 4.69) is 0 Å². The van der Waals surface area contributed by atoms with Crippen molar-refractivity contribution in [1.82, 2.24) is 9.80 Å². The van der Waals surface area contributed by atoms with Crippen molar-refractivity contribution in [2.75, 3.05) is 7.05 Å². The minimum Gasteiger partial charge on any atom is -0.365 e. The van der Waals surface area contributed by atoms with Gasteiger partial charge in [0.1, 0.15) is 5.70 Å². The number of carbonyl (C=O) groups excluding carboxylic acids is 2. The third-order valence-electron chi connectivity index (χ3n) is 4.02. The van der Waals surface area contributed by atoms with Crippen molar-refractivity contribution in [2.24, 2.45) is 0 Å². The van der Waals surface area contributed by atoms with E-state index in [1.165, 1.54) is 16.2 Å². The molecule has 0 saturated heterocycles. The molecule has 0 bridgehead atoms. The molecule has 0 radical (unpaired) electrons. The molecule has 1 aliphatic heterocycles. The molecule has 1 aromatic heterocycles. The Balaban J connectivity index is 2.02. The summed E-state index contributed by atoms with van der Waals surface area (Å²) >= 11 is 1.48. The Hall–Kier alpha value is -2.40. The normalized spacial score (nSPS) is 14.9. The Bertz CT molecular complexity index is 779. The van der Waals surface area contributed by atoms with E-state index in [1.807, 2.05) is 73.6 Å². The molecule has 0 spiro atoms. The number of carbonyl (C=O) groups is 2. The van der Waals surface area contributed by atoms with Gasteiger partial charge in [-0.1, -0.05) is 36.4 Å². The summed E-state index contributed by atoms with van der Waals surface area (Å²) in [6, 6.07) is 13.6. The van der Waals surface area contributed by atoms with Gasteiger partial charge in [-0.25, -0.2) is 0 Å². The predicted molar refractivity (Wildman–Crippen MR) is 96.1 cm³/mol. The monoisotopic (exact) mass is 340 g/mol. The van der Waals surface area contributed by atoms with Gasteiger partial charge in [0.05, 0.1) is 5.57 Å². The van der Waals surface area contributed by atoms with Crippen LogP contribution >= 0.6 is 11.3 Å². The van der Waals surface area contributed by atoms with Crippen LogP contribution in [-0.4, -0.2) is 34.7 Å². The van der Waals surface area contributed by atoms with Crippen LogP contribution in [0.25, 0.3) is 5.57 Å². The number of likely N-dealkylation sites (N-methyl/N-ethyl adjacent to an activating group) is 1. The second-order valence-corrected chi connectivity index (χ2v) is 7.06. The molecular formula is C19H20N2O2S. The maximum atomic E-state index is 12.9. The smallest absolute Gasteiger partial charge is 0.278 e. The highest BCUT2D eigenvalue weighted by Crippen LogP contribution is 2.34. The first-order chi connectivity index (χ1) is 11.5. The van der Waals surface area contributed by atoms with Crippen molar-refractivity contribution in [3.63, 3.8) is 0 Å². The van der Waals surface area contributed by atoms with Crippen molar-refractivity contribution in [2.45, 2.75) is 26.4 Å². The number of imide groups is 1. The van der Waals surface area contributed by atoms with Crippen LogP contribution in [0.2, 0.25) is 0 Å². The molecule has 24 heavy (non-hydrogen) atoms. The van der Waals surface area contributed by atoms with Gasteiger partial charge in [-0.3, -0.25) is 14.5 Å². The minimum absolute atomic E-state index is 0.164. The van der Waals surface area contributed by atoms with Gasteiger partial charge >= 0.3 is 0 Å². The molecule has 5 heteroatoms. The fraction of sp³-hybridized carbons (Fsp3) is 0.263. The number of nitrogens with zero attached hydrogens (tertiary/aromatic N) is 2. The fourth-order valence-electron chi connectivity index (χ4n) is 2.94. The van der Waals surface area contributed by atoms with E-state index < -0.39 is 0 Å². The first-order valence-electron chi connectivity index (χ1n) is 7.91. The topological polar surface area (TPSA) is 40.6 Å². The number of thiophene rings is 1. The molecule has 4 nitrogen and oxygen atoms in total. The van der Waals surface area contributed by atoms with Gasteiger partial charge in [0.2, 0.25) is 0 Å². The molecule has 0 fully saturated rings. The van der Waals surface area contributed by atoms with Crippen LogP contribution in [0.3, 0.4) is 0 Å². The van der Waals surface area contributed by atoms with Crippen molar-refractivity contribution >= 4 is 28.7 Å². The standard InChI is InChI=1S/C19H20N2O2S/c1-13(2)21-18(22)16(15-10-7-11-24-15)17(19(21)23)20(3)12-14-8-5-4-6-9-14/h4-11,13H,12H2,1-3H3. The zero-order chi connectivity index (χ0) is 17.3. The lowest BCUT2D eigenvalue weighted by Crippen LogP contribution is -2.39. The highest BCUT2D eigenvalue weighted by molar-refractivity contribution is 7.11. The quantitative estimate of drug-likeness (QED) is 0.784. The second-order valence-electron chi connectivity index (χ2n) is 6.12. The molecule has 2 aromatic rings. The SMILES string of the molecule is CC(C)N1C(=O)C(c2cccs2)=C(N(C)Cc2ccccc2)C1=O. The molecule has 124 valence electrons. The van der Waals surface area contributed by atoms with E-state index in [1.54, 1.807) is 0 Å². The van der Waals surface area contributed by atoms with Crippen LogP contribution in [0, 0.1) is 0 Å². The summed E-state index contributed by atoms with van der Waals surface area (Å²) in [5.74, 6) is -0.413. The average Bonchev–Trinajstić information content (AvgIpc) is 3.14. The Morgan fingerprint density at radius 3 is 2.33 bits per heavy atom. The van der Waals surface area contributed by atoms with Gasteiger partial charge < -0.3 is 4.90 Å². The summed E-state index contributed by atoms with van der Waals surface area (Å²) in [6.07, 6.45) is 0. The van der Waals surface area contributed by atoms with Crippen molar-refractivity contribution < 1.29 is 9.59 Å². The zero-order valence-electron chi connectivity index (χ0n) is 14.0. The number of hydrogen-bond donors (Lipinski definition) is 0. The number of amides is 2. The van der Waals surface area contributed by atoms with Gasteiger partial charge in [-0.05, 0) is 30.9 Å². The van der Waals surface area contributed by atoms with E-state index in [0.717, 1.165) is 10.4 Å². The number of hydrogen-bond acceptors (Lipinski definition) is 4. The van der Waals surface area contributed by atoms with E-state index in [-0.39, 0.29) is 17.9 Å². The maximum absolute atomic E-state index is 12.9. The first-order valence-corrected chi connectivity index (χ1v) is 8.79. The maximum Gasteiger partial charge on any atom is 0.278 e. The van der Waals surface area contributed by atoms with Gasteiger partial charge in [-0.2, -0.15) is 0 Å². The summed E-state index contributed by atoms with van der Waals surface area (Å²) in [5, 5.41) is 1.92. The molecule has 1 aliphatic rings. The van der Waals surface area contributed by atoms with Crippen molar-refractivity contribution in [3.8, 4) is 0 Å². The zero-order valence-corrected chi connectivity index (χ0v) is 14.8. The van der Waals surface area contributed by atoms with Crippen LogP contribution in [0.4, 0.5) is 0 Å². The molecule has 0 saturated carbocycles. The first kappa shape index (κ1) is 16.5. The highest BCUT2D eigenvalue weighted by Gasteiger charge is 2.42. The van der Waals surface area contributed by atoms with Gasteiger partial charge in [0.25, 0.3) is 11.8 Å². The van der Waals surface area contributed by atoms with Crippen LogP contribution in [0.1, 0.15) is 24.3 Å². The van der Waals surface area contributed by atoms with Crippen molar-refractivity contribution in [1.29, 1.82) is 0 Å². The van der Waals surface area contributed by atoms with Crippen molar-refractivity contribution in [3.05, 3.63) is 64.0 Å². The summed E-state index contributed by atoms with van der Waals surface area (Å²) in [5.41, 5.74) is 2.10. The number of rotatable bonds is 5. The largest absolute Gasteiger partial charge is 0.365 e. The summed E-state index contributed by atoms with van der Waals surface area (Å²) in [4.78, 5) is 29.8. The Morgan fingerprint density at radius 1 is 1.04 bits per heavy atom. The molecule has 3 rings (SSSR count). The van der Waals surface area contributed by atoms with E-state index in [0.29, 0.717) is 17.8 Å². The van der Waals surface area contributed by atoms with Crippen LogP contribution in [0.5, 0.6) is 0 Å². The third-order valence-corrected chi connectivity index (χ3v) is 4.91. The van der Waals surface area contributed by atoms with Crippen LogP contribution in [0.15, 0.2) is 53.5 Å². The van der Waals surface area contributed by atoms with Gasteiger partial charge in [0, 0.05) is 24.5 Å². The second kappa shape index (κ2) is 6.61. The molecule has 2 amide bonds. The van der Waals surface area contributed by atoms with Crippen LogP contribution in [-0.2, 0) is 16.1 Å². The molecule has 0 N–H and O–H groups in total. The molecule has 0 aliphatic carbocycles. The Kier molecular flexibility index (Phi) is 4.53. The Morgan fingerprint density at radius 2 is 1.75 bits per heavy atom. The fourth-order valence-corrected chi connectivity index (χ4v) is 3.70. The molecule has 0 unspecified atom stereocenters.